The van der Waals surface area contributed by atoms with Gasteiger partial charge in [-0.1, -0.05) is 0 Å². The normalized spacial score (nSPS) is 19.6. The van der Waals surface area contributed by atoms with Crippen LogP contribution in [-0.4, -0.2) is 32.5 Å². The van der Waals surface area contributed by atoms with Gasteiger partial charge in [-0.3, -0.25) is 4.90 Å². The number of rotatable bonds is 3. The first-order valence-corrected chi connectivity index (χ1v) is 6.12. The third kappa shape index (κ3) is 2.68. The lowest BCUT2D eigenvalue weighted by Crippen LogP contribution is -2.25. The molecule has 0 spiro atoms. The van der Waals surface area contributed by atoms with E-state index in [0.717, 1.165) is 0 Å². The largest absolute Gasteiger partial charge is 0.441 e. The molecule has 0 aromatic heterocycles. The van der Waals surface area contributed by atoms with Crippen LogP contribution in [-0.2, 0) is 9.47 Å². The summed E-state index contributed by atoms with van der Waals surface area (Å²) >= 11 is 1.90. The van der Waals surface area contributed by atoms with Gasteiger partial charge in [0.2, 0.25) is 0 Å². The van der Waals surface area contributed by atoms with Gasteiger partial charge in [0.05, 0.1) is 18.8 Å². The van der Waals surface area contributed by atoms with E-state index in [-0.39, 0.29) is 11.9 Å². The summed E-state index contributed by atoms with van der Waals surface area (Å²) < 4.78 is 23.9. The van der Waals surface area contributed by atoms with E-state index in [4.69, 9.17) is 9.47 Å². The number of anilines is 1. The molecule has 1 aliphatic heterocycles. The Hall–Kier alpha value is -0.890. The molecule has 1 amide bonds. The van der Waals surface area contributed by atoms with Gasteiger partial charge >= 0.3 is 6.09 Å². The van der Waals surface area contributed by atoms with Crippen LogP contribution in [0.3, 0.4) is 0 Å². The maximum atomic E-state index is 13.4. The van der Waals surface area contributed by atoms with Gasteiger partial charge in [0.15, 0.2) is 0 Å². The van der Waals surface area contributed by atoms with Crippen molar-refractivity contribution < 1.29 is 18.7 Å². The molecular formula is C11H11FINO3. The fourth-order valence-corrected chi connectivity index (χ4v) is 1.99. The van der Waals surface area contributed by atoms with Gasteiger partial charge in [0.25, 0.3) is 0 Å². The third-order valence-electron chi connectivity index (χ3n) is 2.44. The first-order chi connectivity index (χ1) is 8.11. The first kappa shape index (κ1) is 12.6. The summed E-state index contributed by atoms with van der Waals surface area (Å²) in [4.78, 5) is 13.0. The molecule has 92 valence electrons. The number of carbonyl (C=O) groups excluding carboxylic acids is 1. The molecule has 1 aliphatic rings. The van der Waals surface area contributed by atoms with Gasteiger partial charge in [-0.15, -0.1) is 0 Å². The molecule has 1 aromatic carbocycles. The summed E-state index contributed by atoms with van der Waals surface area (Å²) in [6.07, 6.45) is -0.762. The highest BCUT2D eigenvalue weighted by atomic mass is 127. The zero-order valence-corrected chi connectivity index (χ0v) is 11.3. The Morgan fingerprint density at radius 3 is 3.06 bits per heavy atom. The van der Waals surface area contributed by atoms with Crippen molar-refractivity contribution in [3.63, 3.8) is 0 Å². The van der Waals surface area contributed by atoms with E-state index < -0.39 is 6.09 Å². The zero-order chi connectivity index (χ0) is 12.4. The van der Waals surface area contributed by atoms with Crippen LogP contribution < -0.4 is 4.90 Å². The number of ether oxygens (including phenoxy) is 2. The molecule has 1 atom stereocenters. The van der Waals surface area contributed by atoms with Crippen LogP contribution in [0.4, 0.5) is 14.9 Å². The average molecular weight is 351 g/mol. The topological polar surface area (TPSA) is 38.8 Å². The maximum absolute atomic E-state index is 13.4. The highest BCUT2D eigenvalue weighted by Crippen LogP contribution is 2.24. The number of cyclic esters (lactones) is 1. The van der Waals surface area contributed by atoms with Gasteiger partial charge in [0, 0.05) is 10.7 Å². The Kier molecular flexibility index (Phi) is 3.82. The number of nitrogens with zero attached hydrogens (tertiary/aromatic N) is 1. The van der Waals surface area contributed by atoms with E-state index in [1.54, 1.807) is 19.2 Å². The van der Waals surface area contributed by atoms with Crippen molar-refractivity contribution in [1.29, 1.82) is 0 Å². The number of hydrogen-bond donors (Lipinski definition) is 0. The van der Waals surface area contributed by atoms with E-state index in [0.29, 0.717) is 22.4 Å². The minimum atomic E-state index is -0.465. The molecule has 0 aliphatic carbocycles. The van der Waals surface area contributed by atoms with Gasteiger partial charge in [0.1, 0.15) is 11.9 Å². The van der Waals surface area contributed by atoms with Crippen molar-refractivity contribution in [2.45, 2.75) is 6.10 Å². The predicted octanol–water partition coefficient (Wildman–Crippen LogP) is 2.40. The van der Waals surface area contributed by atoms with Gasteiger partial charge < -0.3 is 9.47 Å². The van der Waals surface area contributed by atoms with E-state index >= 15 is 0 Å². The molecule has 2 rings (SSSR count). The summed E-state index contributed by atoms with van der Waals surface area (Å²) in [5.74, 6) is -0.342. The molecule has 6 heteroatoms. The summed E-state index contributed by atoms with van der Waals surface area (Å²) in [7, 11) is 1.54. The summed E-state index contributed by atoms with van der Waals surface area (Å²) in [6, 6.07) is 4.65. The molecule has 0 bridgehead atoms. The van der Waals surface area contributed by atoms with E-state index in [9.17, 15) is 9.18 Å². The van der Waals surface area contributed by atoms with E-state index in [2.05, 4.69) is 0 Å². The Morgan fingerprint density at radius 2 is 2.41 bits per heavy atom. The van der Waals surface area contributed by atoms with Crippen molar-refractivity contribution >= 4 is 34.4 Å². The van der Waals surface area contributed by atoms with Gasteiger partial charge in [-0.05, 0) is 40.8 Å². The highest BCUT2D eigenvalue weighted by Gasteiger charge is 2.32. The predicted molar refractivity (Wildman–Crippen MR) is 68.6 cm³/mol. The van der Waals surface area contributed by atoms with Crippen molar-refractivity contribution in [3.05, 3.63) is 27.6 Å². The summed E-state index contributed by atoms with van der Waals surface area (Å²) in [6.45, 7) is 0.724. The molecule has 1 aromatic rings. The number of methoxy groups -OCH3 is 1. The first-order valence-electron chi connectivity index (χ1n) is 5.04. The molecule has 4 nitrogen and oxygen atoms in total. The highest BCUT2D eigenvalue weighted by molar-refractivity contribution is 14.1. The van der Waals surface area contributed by atoms with Crippen LogP contribution in [0.2, 0.25) is 0 Å². The third-order valence-corrected chi connectivity index (χ3v) is 3.32. The quantitative estimate of drug-likeness (QED) is 0.786. The van der Waals surface area contributed by atoms with E-state index in [1.165, 1.54) is 11.0 Å². The van der Waals surface area contributed by atoms with Crippen LogP contribution in [0.1, 0.15) is 0 Å². The lowest BCUT2D eigenvalue weighted by atomic mass is 10.2. The standard InChI is InChI=1S/C11H11FINO3/c1-16-6-8-5-14(11(15)17-8)7-2-3-10(13)9(12)4-7/h2-4,8H,5-6H2,1H3/t8-/m1/s1. The lowest BCUT2D eigenvalue weighted by molar-refractivity contribution is 0.0718. The molecule has 17 heavy (non-hydrogen) atoms. The van der Waals surface area contributed by atoms with Crippen LogP contribution in [0.15, 0.2) is 18.2 Å². The Bertz CT molecular complexity index is 441. The second-order valence-electron chi connectivity index (χ2n) is 3.67. The van der Waals surface area contributed by atoms with Crippen LogP contribution in [0.25, 0.3) is 0 Å². The molecule has 0 radical (unpaired) electrons. The minimum Gasteiger partial charge on any atom is -0.441 e. The number of benzene rings is 1. The molecule has 0 saturated carbocycles. The molecule has 1 saturated heterocycles. The van der Waals surface area contributed by atoms with Crippen molar-refractivity contribution in [2.75, 3.05) is 25.2 Å². The van der Waals surface area contributed by atoms with E-state index in [1.807, 2.05) is 22.6 Å². The van der Waals surface area contributed by atoms with Crippen molar-refractivity contribution in [2.24, 2.45) is 0 Å². The summed E-state index contributed by atoms with van der Waals surface area (Å²) in [5.41, 5.74) is 0.506. The SMILES string of the molecule is COC[C@H]1CN(c2ccc(I)c(F)c2)C(=O)O1. The number of amides is 1. The smallest absolute Gasteiger partial charge is 0.414 e. The van der Waals surface area contributed by atoms with Crippen molar-refractivity contribution in [1.82, 2.24) is 0 Å². The van der Waals surface area contributed by atoms with Gasteiger partial charge in [-0.2, -0.15) is 0 Å². The molecule has 0 unspecified atom stereocenters. The molecule has 0 N–H and O–H groups in total. The Labute approximate surface area is 112 Å². The maximum Gasteiger partial charge on any atom is 0.414 e. The van der Waals surface area contributed by atoms with Gasteiger partial charge in [-0.25, -0.2) is 9.18 Å². The van der Waals surface area contributed by atoms with Crippen LogP contribution in [0.5, 0.6) is 0 Å². The second kappa shape index (κ2) is 5.18. The van der Waals surface area contributed by atoms with Crippen LogP contribution >= 0.6 is 22.6 Å². The molecular weight excluding hydrogens is 340 g/mol. The fraction of sp³-hybridized carbons (Fsp3) is 0.364. The number of carbonyl (C=O) groups is 1. The lowest BCUT2D eigenvalue weighted by Gasteiger charge is -2.13. The zero-order valence-electron chi connectivity index (χ0n) is 9.15. The number of halogens is 2. The number of hydrogen-bond acceptors (Lipinski definition) is 3. The Morgan fingerprint density at radius 1 is 1.65 bits per heavy atom. The van der Waals surface area contributed by atoms with Crippen molar-refractivity contribution in [3.8, 4) is 0 Å². The fourth-order valence-electron chi connectivity index (χ4n) is 1.66. The monoisotopic (exact) mass is 351 g/mol. The second-order valence-corrected chi connectivity index (χ2v) is 4.83. The minimum absolute atomic E-state index is 0.296. The van der Waals surface area contributed by atoms with Crippen LogP contribution in [0, 0.1) is 9.39 Å². The summed E-state index contributed by atoms with van der Waals surface area (Å²) in [5, 5.41) is 0. The average Bonchev–Trinajstić information content (AvgIpc) is 2.64. The molecule has 1 fully saturated rings. The Balaban J connectivity index is 2.17. The molecule has 1 heterocycles.